The third kappa shape index (κ3) is 3.66. The highest BCUT2D eigenvalue weighted by Crippen LogP contribution is 2.13. The second-order valence-electron chi connectivity index (χ2n) is 3.31. The molecular formula is C12H13ClO3. The van der Waals surface area contributed by atoms with E-state index >= 15 is 0 Å². The van der Waals surface area contributed by atoms with Crippen molar-refractivity contribution >= 4 is 23.4 Å². The van der Waals surface area contributed by atoms with Gasteiger partial charge in [-0.3, -0.25) is 9.59 Å². The van der Waals surface area contributed by atoms with E-state index in [9.17, 15) is 9.59 Å². The van der Waals surface area contributed by atoms with E-state index in [0.717, 1.165) is 0 Å². The molecule has 0 saturated carbocycles. The average Bonchev–Trinajstić information content (AvgIpc) is 2.35. The van der Waals surface area contributed by atoms with Gasteiger partial charge in [0.2, 0.25) is 0 Å². The number of ether oxygens (including phenoxy) is 1. The van der Waals surface area contributed by atoms with Gasteiger partial charge < -0.3 is 4.74 Å². The van der Waals surface area contributed by atoms with Crippen LogP contribution in [0.4, 0.5) is 0 Å². The standard InChI is InChI=1S/C12H13ClO3/c1-16-11(14)8-7-10(13)12(15)9-5-3-2-4-6-9/h2-6,10H,7-8H2,1H3. The van der Waals surface area contributed by atoms with Gasteiger partial charge in [-0.05, 0) is 6.42 Å². The van der Waals surface area contributed by atoms with Crippen molar-refractivity contribution < 1.29 is 14.3 Å². The number of rotatable bonds is 5. The van der Waals surface area contributed by atoms with E-state index < -0.39 is 5.38 Å². The normalized spacial score (nSPS) is 11.9. The van der Waals surface area contributed by atoms with Crippen LogP contribution in [0.25, 0.3) is 0 Å². The summed E-state index contributed by atoms with van der Waals surface area (Å²) in [5.74, 6) is -0.516. The minimum absolute atomic E-state index is 0.156. The van der Waals surface area contributed by atoms with Crippen LogP contribution in [0.15, 0.2) is 30.3 Å². The lowest BCUT2D eigenvalue weighted by atomic mass is 10.1. The van der Waals surface area contributed by atoms with Gasteiger partial charge >= 0.3 is 5.97 Å². The smallest absolute Gasteiger partial charge is 0.305 e. The molecule has 1 unspecified atom stereocenters. The first-order valence-corrected chi connectivity index (χ1v) is 5.39. The Kier molecular flexibility index (Phi) is 4.99. The van der Waals surface area contributed by atoms with Crippen molar-refractivity contribution in [2.45, 2.75) is 18.2 Å². The van der Waals surface area contributed by atoms with E-state index in [0.29, 0.717) is 12.0 Å². The molecule has 1 aromatic rings. The fourth-order valence-corrected chi connectivity index (χ4v) is 1.50. The summed E-state index contributed by atoms with van der Waals surface area (Å²) in [6.45, 7) is 0. The number of carbonyl (C=O) groups excluding carboxylic acids is 2. The Morgan fingerprint density at radius 1 is 1.31 bits per heavy atom. The van der Waals surface area contributed by atoms with Crippen LogP contribution in [0.3, 0.4) is 0 Å². The molecule has 1 aromatic carbocycles. The second-order valence-corrected chi connectivity index (χ2v) is 3.84. The second kappa shape index (κ2) is 6.28. The fraction of sp³-hybridized carbons (Fsp3) is 0.333. The first-order chi connectivity index (χ1) is 7.65. The summed E-state index contributed by atoms with van der Waals surface area (Å²) in [6.07, 6.45) is 0.450. The number of hydrogen-bond acceptors (Lipinski definition) is 3. The monoisotopic (exact) mass is 240 g/mol. The lowest BCUT2D eigenvalue weighted by molar-refractivity contribution is -0.140. The molecule has 0 aliphatic heterocycles. The van der Waals surface area contributed by atoms with Crippen molar-refractivity contribution in [2.75, 3.05) is 7.11 Å². The van der Waals surface area contributed by atoms with Gasteiger partial charge in [0.1, 0.15) is 0 Å². The molecule has 16 heavy (non-hydrogen) atoms. The van der Waals surface area contributed by atoms with Gasteiger partial charge in [-0.25, -0.2) is 0 Å². The number of methoxy groups -OCH3 is 1. The van der Waals surface area contributed by atoms with E-state index in [1.54, 1.807) is 24.3 Å². The predicted molar refractivity (Wildman–Crippen MR) is 61.7 cm³/mol. The maximum absolute atomic E-state index is 11.8. The van der Waals surface area contributed by atoms with E-state index in [1.807, 2.05) is 6.07 Å². The van der Waals surface area contributed by atoms with Gasteiger partial charge in [-0.2, -0.15) is 0 Å². The van der Waals surface area contributed by atoms with Gasteiger partial charge in [-0.15, -0.1) is 11.6 Å². The van der Waals surface area contributed by atoms with E-state index in [-0.39, 0.29) is 18.2 Å². The number of alkyl halides is 1. The fourth-order valence-electron chi connectivity index (χ4n) is 1.26. The SMILES string of the molecule is COC(=O)CCC(Cl)C(=O)c1ccccc1. The van der Waals surface area contributed by atoms with Crippen molar-refractivity contribution in [1.82, 2.24) is 0 Å². The average molecular weight is 241 g/mol. The van der Waals surface area contributed by atoms with E-state index in [1.165, 1.54) is 7.11 Å². The zero-order valence-corrected chi connectivity index (χ0v) is 9.74. The van der Waals surface area contributed by atoms with Gasteiger partial charge in [0.05, 0.1) is 12.5 Å². The molecule has 1 atom stereocenters. The van der Waals surface area contributed by atoms with Crippen LogP contribution in [0.2, 0.25) is 0 Å². The molecule has 0 radical (unpaired) electrons. The number of benzene rings is 1. The minimum Gasteiger partial charge on any atom is -0.469 e. The van der Waals surface area contributed by atoms with E-state index in [4.69, 9.17) is 11.6 Å². The molecule has 0 heterocycles. The highest BCUT2D eigenvalue weighted by Gasteiger charge is 2.18. The van der Waals surface area contributed by atoms with Crippen LogP contribution >= 0.6 is 11.6 Å². The van der Waals surface area contributed by atoms with Crippen molar-refractivity contribution in [1.29, 1.82) is 0 Å². The molecule has 4 heteroatoms. The summed E-state index contributed by atoms with van der Waals surface area (Å²) >= 11 is 5.91. The van der Waals surface area contributed by atoms with Gasteiger partial charge in [-0.1, -0.05) is 30.3 Å². The lowest BCUT2D eigenvalue weighted by Crippen LogP contribution is -2.16. The zero-order valence-electron chi connectivity index (χ0n) is 8.98. The van der Waals surface area contributed by atoms with Crippen LogP contribution in [0.5, 0.6) is 0 Å². The summed E-state index contributed by atoms with van der Waals surface area (Å²) in [5, 5.41) is -0.679. The maximum Gasteiger partial charge on any atom is 0.305 e. The van der Waals surface area contributed by atoms with Crippen LogP contribution in [0.1, 0.15) is 23.2 Å². The lowest BCUT2D eigenvalue weighted by Gasteiger charge is -2.07. The summed E-state index contributed by atoms with van der Waals surface area (Å²) in [7, 11) is 1.31. The molecular weight excluding hydrogens is 228 g/mol. The summed E-state index contributed by atoms with van der Waals surface area (Å²) in [5.41, 5.74) is 0.562. The largest absolute Gasteiger partial charge is 0.469 e. The molecule has 0 aliphatic rings. The van der Waals surface area contributed by atoms with Crippen LogP contribution in [-0.4, -0.2) is 24.2 Å². The van der Waals surface area contributed by atoms with Crippen LogP contribution in [0, 0.1) is 0 Å². The molecule has 0 aromatic heterocycles. The highest BCUT2D eigenvalue weighted by molar-refractivity contribution is 6.33. The quantitative estimate of drug-likeness (QED) is 0.451. The number of Topliss-reactive ketones (excluding diaryl/α,β-unsaturated/α-hetero) is 1. The molecule has 0 N–H and O–H groups in total. The van der Waals surface area contributed by atoms with Crippen LogP contribution < -0.4 is 0 Å². The molecule has 1 rings (SSSR count). The Bertz CT molecular complexity index is 362. The van der Waals surface area contributed by atoms with Crippen molar-refractivity contribution in [3.05, 3.63) is 35.9 Å². The van der Waals surface area contributed by atoms with Crippen molar-refractivity contribution in [2.24, 2.45) is 0 Å². The Hall–Kier alpha value is -1.35. The topological polar surface area (TPSA) is 43.4 Å². The zero-order chi connectivity index (χ0) is 12.0. The number of carbonyl (C=O) groups is 2. The molecule has 3 nitrogen and oxygen atoms in total. The Labute approximate surface area is 99.4 Å². The Balaban J connectivity index is 2.52. The van der Waals surface area contributed by atoms with Crippen molar-refractivity contribution in [3.8, 4) is 0 Å². The molecule has 86 valence electrons. The summed E-state index contributed by atoms with van der Waals surface area (Å²) < 4.78 is 4.48. The number of hydrogen-bond donors (Lipinski definition) is 0. The molecule has 0 bridgehead atoms. The number of esters is 1. The first-order valence-electron chi connectivity index (χ1n) is 4.95. The minimum atomic E-state index is -0.679. The Morgan fingerprint density at radius 2 is 1.94 bits per heavy atom. The third-order valence-electron chi connectivity index (χ3n) is 2.17. The molecule has 0 spiro atoms. The van der Waals surface area contributed by atoms with Gasteiger partial charge in [0.15, 0.2) is 5.78 Å². The Morgan fingerprint density at radius 3 is 2.50 bits per heavy atom. The summed E-state index contributed by atoms with van der Waals surface area (Å²) in [6, 6.07) is 8.79. The van der Waals surface area contributed by atoms with Gasteiger partial charge in [0.25, 0.3) is 0 Å². The first kappa shape index (κ1) is 12.7. The summed E-state index contributed by atoms with van der Waals surface area (Å²) in [4.78, 5) is 22.6. The molecule has 0 saturated heterocycles. The molecule has 0 fully saturated rings. The van der Waals surface area contributed by atoms with Crippen LogP contribution in [-0.2, 0) is 9.53 Å². The predicted octanol–water partition coefficient (Wildman–Crippen LogP) is 2.43. The number of halogens is 1. The maximum atomic E-state index is 11.8. The van der Waals surface area contributed by atoms with E-state index in [2.05, 4.69) is 4.74 Å². The third-order valence-corrected chi connectivity index (χ3v) is 2.59. The highest BCUT2D eigenvalue weighted by atomic mass is 35.5. The van der Waals surface area contributed by atoms with Gasteiger partial charge in [0, 0.05) is 12.0 Å². The molecule has 0 amide bonds. The molecule has 0 aliphatic carbocycles. The van der Waals surface area contributed by atoms with Crippen molar-refractivity contribution in [3.63, 3.8) is 0 Å². The number of ketones is 1.